The SMILES string of the molecule is CCC(CC)n1nc(C(=O)Nc2nnc(C(C)C)s2)cc1C. The summed E-state index contributed by atoms with van der Waals surface area (Å²) in [4.78, 5) is 12.3. The zero-order valence-corrected chi connectivity index (χ0v) is 14.6. The molecule has 0 spiro atoms. The summed E-state index contributed by atoms with van der Waals surface area (Å²) in [5.74, 6) is 0.0683. The molecule has 0 fully saturated rings. The van der Waals surface area contributed by atoms with Crippen molar-refractivity contribution in [3.63, 3.8) is 0 Å². The zero-order valence-electron chi connectivity index (χ0n) is 13.8. The van der Waals surface area contributed by atoms with E-state index >= 15 is 0 Å². The largest absolute Gasteiger partial charge is 0.295 e. The van der Waals surface area contributed by atoms with E-state index in [4.69, 9.17) is 0 Å². The number of aromatic nitrogens is 4. The van der Waals surface area contributed by atoms with Gasteiger partial charge in [0, 0.05) is 11.6 Å². The first-order valence-corrected chi connectivity index (χ1v) is 8.48. The topological polar surface area (TPSA) is 72.7 Å². The molecule has 0 aliphatic carbocycles. The van der Waals surface area contributed by atoms with Gasteiger partial charge in [0.05, 0.1) is 6.04 Å². The Morgan fingerprint density at radius 1 is 1.32 bits per heavy atom. The smallest absolute Gasteiger partial charge is 0.277 e. The number of carbonyl (C=O) groups is 1. The van der Waals surface area contributed by atoms with Crippen LogP contribution in [0.2, 0.25) is 0 Å². The number of hydrogen-bond donors (Lipinski definition) is 1. The third-order valence-corrected chi connectivity index (χ3v) is 4.74. The third kappa shape index (κ3) is 3.52. The molecule has 6 nitrogen and oxygen atoms in total. The van der Waals surface area contributed by atoms with Gasteiger partial charge in [-0.1, -0.05) is 39.0 Å². The molecule has 0 atom stereocenters. The lowest BCUT2D eigenvalue weighted by Gasteiger charge is -2.14. The first-order valence-electron chi connectivity index (χ1n) is 7.67. The van der Waals surface area contributed by atoms with Crippen molar-refractivity contribution in [2.75, 3.05) is 5.32 Å². The molecule has 0 unspecified atom stereocenters. The molecule has 2 heterocycles. The second kappa shape index (κ2) is 7.00. The number of anilines is 1. The monoisotopic (exact) mass is 321 g/mol. The third-order valence-electron chi connectivity index (χ3n) is 3.60. The van der Waals surface area contributed by atoms with Crippen molar-refractivity contribution < 1.29 is 4.79 Å². The van der Waals surface area contributed by atoms with E-state index in [2.05, 4.69) is 34.5 Å². The lowest BCUT2D eigenvalue weighted by molar-refractivity contribution is 0.102. The van der Waals surface area contributed by atoms with Crippen LogP contribution in [0.1, 0.15) is 73.7 Å². The molecular weight excluding hydrogens is 298 g/mol. The highest BCUT2D eigenvalue weighted by atomic mass is 32.1. The van der Waals surface area contributed by atoms with Crippen LogP contribution >= 0.6 is 11.3 Å². The Balaban J connectivity index is 2.14. The highest BCUT2D eigenvalue weighted by Gasteiger charge is 2.18. The molecule has 1 N–H and O–H groups in total. The number of nitrogens with one attached hydrogen (secondary N) is 1. The van der Waals surface area contributed by atoms with Crippen LogP contribution in [0.5, 0.6) is 0 Å². The second-order valence-corrected chi connectivity index (χ2v) is 6.65. The van der Waals surface area contributed by atoms with Gasteiger partial charge in [-0.15, -0.1) is 10.2 Å². The average Bonchev–Trinajstić information content (AvgIpc) is 3.08. The second-order valence-electron chi connectivity index (χ2n) is 5.64. The summed E-state index contributed by atoms with van der Waals surface area (Å²) >= 11 is 1.40. The minimum atomic E-state index is -0.237. The fraction of sp³-hybridized carbons (Fsp3) is 0.600. The van der Waals surface area contributed by atoms with E-state index in [1.807, 2.05) is 31.5 Å². The van der Waals surface area contributed by atoms with Crippen LogP contribution in [0.25, 0.3) is 0 Å². The molecule has 2 rings (SSSR count). The molecule has 0 bridgehead atoms. The predicted octanol–water partition coefficient (Wildman–Crippen LogP) is 3.78. The summed E-state index contributed by atoms with van der Waals surface area (Å²) in [5.41, 5.74) is 1.42. The fourth-order valence-corrected chi connectivity index (χ4v) is 3.02. The summed E-state index contributed by atoms with van der Waals surface area (Å²) in [5, 5.41) is 16.7. The van der Waals surface area contributed by atoms with Gasteiger partial charge in [0.1, 0.15) is 5.01 Å². The Bertz CT molecular complexity index is 642. The summed E-state index contributed by atoms with van der Waals surface area (Å²) in [7, 11) is 0. The van der Waals surface area contributed by atoms with E-state index in [0.29, 0.717) is 22.8 Å². The van der Waals surface area contributed by atoms with E-state index in [0.717, 1.165) is 23.5 Å². The van der Waals surface area contributed by atoms with Gasteiger partial charge in [0.2, 0.25) is 5.13 Å². The minimum absolute atomic E-state index is 0.237. The molecule has 0 saturated carbocycles. The van der Waals surface area contributed by atoms with Crippen molar-refractivity contribution in [2.45, 2.75) is 59.4 Å². The number of carbonyl (C=O) groups excluding carboxylic acids is 1. The number of hydrogen-bond acceptors (Lipinski definition) is 5. The summed E-state index contributed by atoms with van der Waals surface area (Å²) < 4.78 is 1.94. The molecule has 2 aromatic heterocycles. The van der Waals surface area contributed by atoms with Crippen molar-refractivity contribution in [1.82, 2.24) is 20.0 Å². The first kappa shape index (κ1) is 16.6. The normalized spacial score (nSPS) is 11.4. The van der Waals surface area contributed by atoms with Crippen molar-refractivity contribution in [1.29, 1.82) is 0 Å². The van der Waals surface area contributed by atoms with Crippen molar-refractivity contribution in [3.05, 3.63) is 22.5 Å². The lowest BCUT2D eigenvalue weighted by atomic mass is 10.2. The van der Waals surface area contributed by atoms with Crippen LogP contribution in [-0.2, 0) is 0 Å². The Morgan fingerprint density at radius 2 is 2.00 bits per heavy atom. The number of rotatable bonds is 6. The molecule has 1 amide bonds. The number of aryl methyl sites for hydroxylation is 1. The van der Waals surface area contributed by atoms with Gasteiger partial charge < -0.3 is 0 Å². The molecule has 2 aromatic rings. The number of nitrogens with zero attached hydrogens (tertiary/aromatic N) is 4. The average molecular weight is 321 g/mol. The van der Waals surface area contributed by atoms with Crippen LogP contribution in [0.15, 0.2) is 6.07 Å². The Labute approximate surface area is 135 Å². The van der Waals surface area contributed by atoms with E-state index < -0.39 is 0 Å². The molecule has 0 radical (unpaired) electrons. The molecule has 0 aliphatic heterocycles. The zero-order chi connectivity index (χ0) is 16.3. The highest BCUT2D eigenvalue weighted by molar-refractivity contribution is 7.15. The van der Waals surface area contributed by atoms with Crippen LogP contribution < -0.4 is 5.32 Å². The van der Waals surface area contributed by atoms with E-state index in [9.17, 15) is 4.79 Å². The highest BCUT2D eigenvalue weighted by Crippen LogP contribution is 2.23. The van der Waals surface area contributed by atoms with Crippen molar-refractivity contribution in [2.24, 2.45) is 0 Å². The van der Waals surface area contributed by atoms with Crippen LogP contribution in [0.3, 0.4) is 0 Å². The first-order chi connectivity index (χ1) is 10.5. The van der Waals surface area contributed by atoms with Gasteiger partial charge in [-0.05, 0) is 25.8 Å². The standard InChI is InChI=1S/C15H23N5OS/c1-6-11(7-2)20-10(5)8-12(19-20)13(21)16-15-18-17-14(22-15)9(3)4/h8-9,11H,6-7H2,1-5H3,(H,16,18,21). The summed E-state index contributed by atoms with van der Waals surface area (Å²) in [6.07, 6.45) is 1.99. The molecular formula is C15H23N5OS. The van der Waals surface area contributed by atoms with Gasteiger partial charge in [-0.2, -0.15) is 5.10 Å². The van der Waals surface area contributed by atoms with Gasteiger partial charge in [-0.3, -0.25) is 14.8 Å². The summed E-state index contributed by atoms with van der Waals surface area (Å²) in [6.45, 7) is 10.3. The Hall–Kier alpha value is -1.76. The molecule has 0 aliphatic rings. The molecule has 0 aromatic carbocycles. The Morgan fingerprint density at radius 3 is 2.55 bits per heavy atom. The lowest BCUT2D eigenvalue weighted by Crippen LogP contribution is -2.15. The molecule has 22 heavy (non-hydrogen) atoms. The van der Waals surface area contributed by atoms with Crippen molar-refractivity contribution in [3.8, 4) is 0 Å². The van der Waals surface area contributed by atoms with Gasteiger partial charge in [-0.25, -0.2) is 0 Å². The van der Waals surface area contributed by atoms with E-state index in [1.165, 1.54) is 11.3 Å². The van der Waals surface area contributed by atoms with E-state index in [-0.39, 0.29) is 5.91 Å². The van der Waals surface area contributed by atoms with E-state index in [1.54, 1.807) is 0 Å². The van der Waals surface area contributed by atoms with Crippen LogP contribution in [0.4, 0.5) is 5.13 Å². The number of amides is 1. The maximum atomic E-state index is 12.3. The van der Waals surface area contributed by atoms with Gasteiger partial charge >= 0.3 is 0 Å². The van der Waals surface area contributed by atoms with Crippen molar-refractivity contribution >= 4 is 22.4 Å². The predicted molar refractivity (Wildman–Crippen MR) is 88.5 cm³/mol. The maximum Gasteiger partial charge on any atom is 0.277 e. The van der Waals surface area contributed by atoms with Gasteiger partial charge in [0.25, 0.3) is 5.91 Å². The van der Waals surface area contributed by atoms with Gasteiger partial charge in [0.15, 0.2) is 5.69 Å². The Kier molecular flexibility index (Phi) is 5.28. The van der Waals surface area contributed by atoms with Crippen LogP contribution in [-0.4, -0.2) is 25.9 Å². The summed E-state index contributed by atoms with van der Waals surface area (Å²) in [6, 6.07) is 2.15. The maximum absolute atomic E-state index is 12.3. The fourth-order valence-electron chi connectivity index (χ4n) is 2.28. The molecule has 0 saturated heterocycles. The quantitative estimate of drug-likeness (QED) is 0.878. The molecule has 120 valence electrons. The molecule has 7 heteroatoms. The van der Waals surface area contributed by atoms with Crippen LogP contribution in [0, 0.1) is 6.92 Å². The minimum Gasteiger partial charge on any atom is -0.295 e.